The van der Waals surface area contributed by atoms with Gasteiger partial charge < -0.3 is 0 Å². The van der Waals surface area contributed by atoms with Gasteiger partial charge in [0, 0.05) is 0 Å². The van der Waals surface area contributed by atoms with E-state index in [0.717, 1.165) is 0 Å². The SMILES string of the molecule is CC(C)(C)c1ccc2c(-c3ccc4ccccc4c3)c3ccccc3c(-c3ccc4ccccc4c3)c2c1.c1ccc2cc(-c3c4ccccc4c(-c4ccc5ccccc5c4)c4ccccc34)ccc2c1.c1ccc2cc(-c3c4ccccc4c(-c4ccc5ccccc5c4)c4ccccc34)ccc2c1. The fourth-order valence-corrected chi connectivity index (χ4v) is 16.8. The van der Waals surface area contributed by atoms with Gasteiger partial charge in [-0.15, -0.1) is 0 Å². The van der Waals surface area contributed by atoms with E-state index in [1.807, 2.05) is 0 Å². The highest BCUT2D eigenvalue weighted by Crippen LogP contribution is 2.49. The van der Waals surface area contributed by atoms with Gasteiger partial charge in [-0.25, -0.2) is 0 Å². The summed E-state index contributed by atoms with van der Waals surface area (Å²) in [6, 6.07) is 144. The first-order valence-corrected chi connectivity index (χ1v) is 37.0. The number of hydrogen-bond donors (Lipinski definition) is 0. The van der Waals surface area contributed by atoms with Crippen molar-refractivity contribution >= 4 is 129 Å². The van der Waals surface area contributed by atoms with E-state index in [0.29, 0.717) is 0 Å². The number of fused-ring (bicyclic) bond motifs is 12. The largest absolute Gasteiger partial charge is 0.0616 e. The lowest BCUT2D eigenvalue weighted by Gasteiger charge is -2.23. The first-order chi connectivity index (χ1) is 52.2. The molecule has 0 aliphatic heterocycles. The zero-order valence-corrected chi connectivity index (χ0v) is 59.5. The van der Waals surface area contributed by atoms with Crippen molar-refractivity contribution in [2.24, 2.45) is 0 Å². The molecular formula is C106H74. The maximum absolute atomic E-state index is 2.44. The van der Waals surface area contributed by atoms with Gasteiger partial charge in [-0.2, -0.15) is 0 Å². The second kappa shape index (κ2) is 26.5. The molecule has 0 unspecified atom stereocenters. The molecule has 0 aliphatic carbocycles. The summed E-state index contributed by atoms with van der Waals surface area (Å²) in [6.07, 6.45) is 0. The van der Waals surface area contributed by atoms with Crippen molar-refractivity contribution in [2.75, 3.05) is 0 Å². The molecule has 498 valence electrons. The third kappa shape index (κ3) is 11.4. The van der Waals surface area contributed by atoms with Crippen LogP contribution in [-0.2, 0) is 5.41 Å². The highest BCUT2D eigenvalue weighted by Gasteiger charge is 2.23. The molecule has 21 aromatic rings. The van der Waals surface area contributed by atoms with Crippen molar-refractivity contribution in [2.45, 2.75) is 26.2 Å². The van der Waals surface area contributed by atoms with Crippen LogP contribution in [0.1, 0.15) is 26.3 Å². The lowest BCUT2D eigenvalue weighted by atomic mass is 9.81. The minimum atomic E-state index is 0.0591. The third-order valence-electron chi connectivity index (χ3n) is 22.0. The van der Waals surface area contributed by atoms with E-state index in [1.165, 1.54) is 202 Å². The molecule has 0 nitrogen and oxygen atoms in total. The van der Waals surface area contributed by atoms with Gasteiger partial charge in [-0.05, 0) is 249 Å². The van der Waals surface area contributed by atoms with Crippen LogP contribution in [0, 0.1) is 0 Å². The summed E-state index contributed by atoms with van der Waals surface area (Å²) in [5.74, 6) is 0. The summed E-state index contributed by atoms with van der Waals surface area (Å²) in [7, 11) is 0. The molecule has 0 saturated heterocycles. The normalized spacial score (nSPS) is 11.7. The lowest BCUT2D eigenvalue weighted by Crippen LogP contribution is -2.10. The van der Waals surface area contributed by atoms with Crippen LogP contribution >= 0.6 is 0 Å². The third-order valence-corrected chi connectivity index (χ3v) is 22.0. The Morgan fingerprint density at radius 2 is 0.292 bits per heavy atom. The van der Waals surface area contributed by atoms with Gasteiger partial charge in [0.15, 0.2) is 0 Å². The van der Waals surface area contributed by atoms with Crippen LogP contribution in [-0.4, -0.2) is 0 Å². The number of rotatable bonds is 6. The maximum atomic E-state index is 2.44. The fourth-order valence-electron chi connectivity index (χ4n) is 16.8. The zero-order chi connectivity index (χ0) is 70.8. The molecule has 0 radical (unpaired) electrons. The van der Waals surface area contributed by atoms with E-state index in [2.05, 4.69) is 415 Å². The monoisotopic (exact) mass is 1350 g/mol. The number of hydrogen-bond acceptors (Lipinski definition) is 0. The Hall–Kier alpha value is -13.3. The Bertz CT molecular complexity index is 6390. The van der Waals surface area contributed by atoms with Crippen LogP contribution in [0.15, 0.2) is 394 Å². The van der Waals surface area contributed by atoms with Crippen molar-refractivity contribution < 1.29 is 0 Å². The summed E-state index contributed by atoms with van der Waals surface area (Å²) in [5.41, 5.74) is 16.8. The van der Waals surface area contributed by atoms with Crippen LogP contribution in [0.2, 0.25) is 0 Å². The number of benzene rings is 21. The van der Waals surface area contributed by atoms with Crippen molar-refractivity contribution in [1.82, 2.24) is 0 Å². The molecule has 0 heteroatoms. The van der Waals surface area contributed by atoms with Gasteiger partial charge in [0.05, 0.1) is 0 Å². The molecule has 0 saturated carbocycles. The summed E-state index contributed by atoms with van der Waals surface area (Å²) in [6.45, 7) is 6.90. The van der Waals surface area contributed by atoms with Crippen molar-refractivity contribution in [1.29, 1.82) is 0 Å². The maximum Gasteiger partial charge on any atom is -0.00260 e. The zero-order valence-electron chi connectivity index (χ0n) is 59.5. The molecule has 0 N–H and O–H groups in total. The predicted octanol–water partition coefficient (Wildman–Crippen LogP) is 30.2. The van der Waals surface area contributed by atoms with E-state index in [-0.39, 0.29) is 5.41 Å². The van der Waals surface area contributed by atoms with Crippen molar-refractivity contribution in [3.63, 3.8) is 0 Å². The molecule has 0 aliphatic rings. The second-order valence-electron chi connectivity index (χ2n) is 29.4. The smallest absolute Gasteiger partial charge is 0.00260 e. The molecule has 106 heavy (non-hydrogen) atoms. The molecule has 0 atom stereocenters. The molecule has 0 heterocycles. The molecule has 21 aromatic carbocycles. The highest BCUT2D eigenvalue weighted by atomic mass is 14.3. The fraction of sp³-hybridized carbons (Fsp3) is 0.0377. The first kappa shape index (κ1) is 63.6. The summed E-state index contributed by atoms with van der Waals surface area (Å²) < 4.78 is 0. The molecule has 0 amide bonds. The Morgan fingerprint density at radius 1 is 0.132 bits per heavy atom. The molecule has 0 aromatic heterocycles. The van der Waals surface area contributed by atoms with E-state index < -0.39 is 0 Å². The van der Waals surface area contributed by atoms with Crippen LogP contribution in [0.3, 0.4) is 0 Å². The van der Waals surface area contributed by atoms with Gasteiger partial charge in [0.2, 0.25) is 0 Å². The molecule has 21 rings (SSSR count). The topological polar surface area (TPSA) is 0 Å². The molecule has 0 fully saturated rings. The molecule has 0 spiro atoms. The van der Waals surface area contributed by atoms with Gasteiger partial charge in [0.1, 0.15) is 0 Å². The van der Waals surface area contributed by atoms with Crippen molar-refractivity contribution in [3.8, 4) is 66.8 Å². The Kier molecular flexibility index (Phi) is 15.9. The van der Waals surface area contributed by atoms with E-state index >= 15 is 0 Å². The van der Waals surface area contributed by atoms with Crippen LogP contribution in [0.4, 0.5) is 0 Å². The summed E-state index contributed by atoms with van der Waals surface area (Å²) in [4.78, 5) is 0. The Morgan fingerprint density at radius 3 is 0.481 bits per heavy atom. The standard InChI is InChI=1S/C38H30.2C34H22/c1-38(2,3)31-20-21-34-35(24-31)37(30-19-17-26-11-5-7-13-28(26)23-30)33-15-9-8-14-32(33)36(34)29-18-16-25-10-4-6-12-27(25)22-29;2*1-3-11-25-21-27(19-17-23(25)9-1)33-29-13-5-7-15-31(29)34(32-16-8-6-14-30(32)33)28-20-18-24-10-2-4-12-26(24)22-28/h4-24H,1-3H3;2*1-22H. The van der Waals surface area contributed by atoms with Gasteiger partial charge >= 0.3 is 0 Å². The van der Waals surface area contributed by atoms with E-state index in [9.17, 15) is 0 Å². The minimum absolute atomic E-state index is 0.0591. The Labute approximate surface area is 618 Å². The van der Waals surface area contributed by atoms with Gasteiger partial charge in [0.25, 0.3) is 0 Å². The average Bonchev–Trinajstić information content (AvgIpc) is 0.740. The predicted molar refractivity (Wildman–Crippen MR) is 461 cm³/mol. The molecular weight excluding hydrogens is 1270 g/mol. The van der Waals surface area contributed by atoms with Crippen LogP contribution in [0.25, 0.3) is 196 Å². The van der Waals surface area contributed by atoms with Crippen molar-refractivity contribution in [3.05, 3.63) is 400 Å². The first-order valence-electron chi connectivity index (χ1n) is 37.0. The van der Waals surface area contributed by atoms with Crippen LogP contribution in [0.5, 0.6) is 0 Å². The second-order valence-corrected chi connectivity index (χ2v) is 29.4. The van der Waals surface area contributed by atoms with E-state index in [1.54, 1.807) is 0 Å². The van der Waals surface area contributed by atoms with Crippen LogP contribution < -0.4 is 0 Å². The molecule has 0 bridgehead atoms. The summed E-state index contributed by atoms with van der Waals surface area (Å²) >= 11 is 0. The highest BCUT2D eigenvalue weighted by molar-refractivity contribution is 6.25. The summed E-state index contributed by atoms with van der Waals surface area (Å²) in [5, 5.41) is 30.8. The Balaban J connectivity index is 0.000000109. The quantitative estimate of drug-likeness (QED) is 0.146. The lowest BCUT2D eigenvalue weighted by molar-refractivity contribution is 0.591. The van der Waals surface area contributed by atoms with Gasteiger partial charge in [-0.3, -0.25) is 0 Å². The average molecular weight is 1350 g/mol. The van der Waals surface area contributed by atoms with E-state index in [4.69, 9.17) is 0 Å². The minimum Gasteiger partial charge on any atom is -0.0616 e. The van der Waals surface area contributed by atoms with Gasteiger partial charge in [-0.1, -0.05) is 373 Å².